The maximum absolute atomic E-state index is 5.57. The van der Waals surface area contributed by atoms with Gasteiger partial charge in [0.2, 0.25) is 0 Å². The minimum Gasteiger partial charge on any atom is -0.493 e. The molecule has 3 aliphatic rings. The number of rotatable bonds is 3. The first kappa shape index (κ1) is 11.5. The summed E-state index contributed by atoms with van der Waals surface area (Å²) in [6.07, 6.45) is 9.73. The number of ether oxygens (including phenoxy) is 1. The van der Waals surface area contributed by atoms with Crippen LogP contribution < -0.4 is 4.74 Å². The van der Waals surface area contributed by atoms with Crippen molar-refractivity contribution in [2.45, 2.75) is 31.7 Å². The van der Waals surface area contributed by atoms with Gasteiger partial charge in [-0.1, -0.05) is 24.3 Å². The molecule has 1 aliphatic carbocycles. The van der Waals surface area contributed by atoms with Gasteiger partial charge in [-0.3, -0.25) is 4.90 Å². The fraction of sp³-hybridized carbons (Fsp3) is 0.529. The van der Waals surface area contributed by atoms with E-state index in [-0.39, 0.29) is 0 Å². The Morgan fingerprint density at radius 2 is 2.32 bits per heavy atom. The summed E-state index contributed by atoms with van der Waals surface area (Å²) in [5.74, 6) is 2.02. The smallest absolute Gasteiger partial charge is 0.122 e. The summed E-state index contributed by atoms with van der Waals surface area (Å²) in [5, 5.41) is 0. The van der Waals surface area contributed by atoms with E-state index in [9.17, 15) is 0 Å². The average Bonchev–Trinajstić information content (AvgIpc) is 3.00. The van der Waals surface area contributed by atoms with E-state index in [1.54, 1.807) is 0 Å². The van der Waals surface area contributed by atoms with Crippen LogP contribution in [0.5, 0.6) is 5.75 Å². The molecule has 2 heteroatoms. The zero-order valence-corrected chi connectivity index (χ0v) is 11.3. The first-order chi connectivity index (χ1) is 9.38. The lowest BCUT2D eigenvalue weighted by Crippen LogP contribution is -2.29. The third-order valence-corrected chi connectivity index (χ3v) is 4.81. The van der Waals surface area contributed by atoms with Gasteiger partial charge in [-0.05, 0) is 42.4 Å². The SMILES string of the molecule is C1=CC2CC(C1)CN2CCc1ccc2c(c1)CCO2. The summed E-state index contributed by atoms with van der Waals surface area (Å²) >= 11 is 0. The lowest BCUT2D eigenvalue weighted by Gasteiger charge is -2.21. The number of benzene rings is 1. The molecule has 2 unspecified atom stereocenters. The van der Waals surface area contributed by atoms with Crippen LogP contribution >= 0.6 is 0 Å². The van der Waals surface area contributed by atoms with Crippen LogP contribution in [0.3, 0.4) is 0 Å². The lowest BCUT2D eigenvalue weighted by molar-refractivity contribution is 0.290. The number of hydrogen-bond acceptors (Lipinski definition) is 2. The van der Waals surface area contributed by atoms with Gasteiger partial charge in [0.1, 0.15) is 5.75 Å². The normalized spacial score (nSPS) is 28.4. The van der Waals surface area contributed by atoms with E-state index < -0.39 is 0 Å². The van der Waals surface area contributed by atoms with Crippen LogP contribution in [0.4, 0.5) is 0 Å². The van der Waals surface area contributed by atoms with Crippen LogP contribution in [-0.2, 0) is 12.8 Å². The molecule has 1 aromatic carbocycles. The summed E-state index contributed by atoms with van der Waals surface area (Å²) in [6, 6.07) is 7.46. The predicted molar refractivity (Wildman–Crippen MR) is 76.6 cm³/mol. The third-order valence-electron chi connectivity index (χ3n) is 4.81. The zero-order chi connectivity index (χ0) is 12.7. The standard InChI is InChI=1S/C17H21NO/c1-2-14-11-16(3-1)18(12-14)8-6-13-4-5-17-15(10-13)7-9-19-17/h1,3-5,10,14,16H,2,6-9,11-12H2. The van der Waals surface area contributed by atoms with Gasteiger partial charge in [-0.25, -0.2) is 0 Å². The van der Waals surface area contributed by atoms with E-state index in [1.807, 2.05) is 0 Å². The molecule has 2 nitrogen and oxygen atoms in total. The van der Waals surface area contributed by atoms with E-state index in [2.05, 4.69) is 35.3 Å². The van der Waals surface area contributed by atoms with Crippen LogP contribution in [-0.4, -0.2) is 30.6 Å². The largest absolute Gasteiger partial charge is 0.493 e. The predicted octanol–water partition coefficient (Wildman–Crippen LogP) is 2.81. The summed E-state index contributed by atoms with van der Waals surface area (Å²) in [4.78, 5) is 2.66. The van der Waals surface area contributed by atoms with Crippen molar-refractivity contribution in [1.82, 2.24) is 4.90 Å². The van der Waals surface area contributed by atoms with E-state index in [0.29, 0.717) is 0 Å². The molecule has 19 heavy (non-hydrogen) atoms. The summed E-state index contributed by atoms with van der Waals surface area (Å²) in [5.41, 5.74) is 2.87. The lowest BCUT2D eigenvalue weighted by atomic mass is 9.96. The minimum absolute atomic E-state index is 0.719. The van der Waals surface area contributed by atoms with E-state index in [1.165, 1.54) is 43.5 Å². The molecule has 1 aromatic rings. The quantitative estimate of drug-likeness (QED) is 0.770. The van der Waals surface area contributed by atoms with Gasteiger partial charge in [0.05, 0.1) is 6.61 Å². The molecule has 2 heterocycles. The Hall–Kier alpha value is -1.28. The molecular formula is C17H21NO. The van der Waals surface area contributed by atoms with Gasteiger partial charge >= 0.3 is 0 Å². The number of nitrogens with zero attached hydrogens (tertiary/aromatic N) is 1. The molecule has 2 bridgehead atoms. The van der Waals surface area contributed by atoms with Crippen molar-refractivity contribution in [3.05, 3.63) is 41.5 Å². The van der Waals surface area contributed by atoms with Crippen molar-refractivity contribution >= 4 is 0 Å². The molecule has 2 atom stereocenters. The average molecular weight is 255 g/mol. The first-order valence-electron chi connectivity index (χ1n) is 7.54. The summed E-state index contributed by atoms with van der Waals surface area (Å²) < 4.78 is 5.57. The molecule has 0 spiro atoms. The van der Waals surface area contributed by atoms with Crippen molar-refractivity contribution in [2.75, 3.05) is 19.7 Å². The summed E-state index contributed by atoms with van der Waals surface area (Å²) in [7, 11) is 0. The fourth-order valence-electron chi connectivity index (χ4n) is 3.76. The van der Waals surface area contributed by atoms with Gasteiger partial charge < -0.3 is 4.74 Å². The van der Waals surface area contributed by atoms with Gasteiger partial charge in [-0.2, -0.15) is 0 Å². The third kappa shape index (κ3) is 2.18. The van der Waals surface area contributed by atoms with Gasteiger partial charge in [0.15, 0.2) is 0 Å². The van der Waals surface area contributed by atoms with Crippen molar-refractivity contribution in [3.63, 3.8) is 0 Å². The maximum atomic E-state index is 5.57. The van der Waals surface area contributed by atoms with Crippen LogP contribution in [0.1, 0.15) is 24.0 Å². The fourth-order valence-corrected chi connectivity index (χ4v) is 3.76. The van der Waals surface area contributed by atoms with E-state index >= 15 is 0 Å². The molecule has 0 radical (unpaired) electrons. The molecule has 1 saturated heterocycles. The zero-order valence-electron chi connectivity index (χ0n) is 11.3. The Labute approximate surface area is 115 Å². The Morgan fingerprint density at radius 3 is 3.26 bits per heavy atom. The Bertz CT molecular complexity index is 508. The van der Waals surface area contributed by atoms with Gasteiger partial charge in [0.25, 0.3) is 0 Å². The van der Waals surface area contributed by atoms with Crippen molar-refractivity contribution in [2.24, 2.45) is 5.92 Å². The van der Waals surface area contributed by atoms with Crippen LogP contribution in [0.15, 0.2) is 30.4 Å². The molecular weight excluding hydrogens is 234 g/mol. The molecule has 4 rings (SSSR count). The van der Waals surface area contributed by atoms with Crippen molar-refractivity contribution in [1.29, 1.82) is 0 Å². The highest BCUT2D eigenvalue weighted by molar-refractivity contribution is 5.39. The highest BCUT2D eigenvalue weighted by Crippen LogP contribution is 2.31. The second-order valence-corrected chi connectivity index (χ2v) is 6.12. The number of allylic oxidation sites excluding steroid dienone is 1. The topological polar surface area (TPSA) is 12.5 Å². The highest BCUT2D eigenvalue weighted by Gasteiger charge is 2.31. The van der Waals surface area contributed by atoms with Gasteiger partial charge in [0, 0.05) is 25.6 Å². The molecule has 0 aromatic heterocycles. The molecule has 0 N–H and O–H groups in total. The van der Waals surface area contributed by atoms with Crippen LogP contribution in [0.2, 0.25) is 0 Å². The summed E-state index contributed by atoms with van der Waals surface area (Å²) in [6.45, 7) is 3.36. The Morgan fingerprint density at radius 1 is 1.32 bits per heavy atom. The van der Waals surface area contributed by atoms with E-state index in [0.717, 1.165) is 30.7 Å². The number of fused-ring (bicyclic) bond motifs is 3. The van der Waals surface area contributed by atoms with Crippen LogP contribution in [0.25, 0.3) is 0 Å². The van der Waals surface area contributed by atoms with Crippen molar-refractivity contribution < 1.29 is 4.74 Å². The number of hydrogen-bond donors (Lipinski definition) is 0. The highest BCUT2D eigenvalue weighted by atomic mass is 16.5. The Kier molecular flexibility index (Phi) is 2.84. The number of likely N-dealkylation sites (tertiary alicyclic amines) is 1. The Balaban J connectivity index is 1.41. The molecule has 2 aliphatic heterocycles. The maximum Gasteiger partial charge on any atom is 0.122 e. The molecule has 1 fully saturated rings. The monoisotopic (exact) mass is 255 g/mol. The first-order valence-corrected chi connectivity index (χ1v) is 7.54. The molecule has 0 saturated carbocycles. The second-order valence-electron chi connectivity index (χ2n) is 6.12. The van der Waals surface area contributed by atoms with E-state index in [4.69, 9.17) is 4.74 Å². The molecule has 0 amide bonds. The van der Waals surface area contributed by atoms with Crippen LogP contribution in [0, 0.1) is 5.92 Å². The minimum atomic E-state index is 0.719. The molecule has 100 valence electrons. The second kappa shape index (κ2) is 4.68. The van der Waals surface area contributed by atoms with Gasteiger partial charge in [-0.15, -0.1) is 0 Å². The van der Waals surface area contributed by atoms with Crippen molar-refractivity contribution in [3.8, 4) is 5.75 Å².